The van der Waals surface area contributed by atoms with Crippen LogP contribution in [0, 0.1) is 18.6 Å². The van der Waals surface area contributed by atoms with E-state index in [4.69, 9.17) is 4.74 Å². The van der Waals surface area contributed by atoms with E-state index >= 15 is 4.39 Å². The number of carbonyl (C=O) groups is 2. The van der Waals surface area contributed by atoms with Crippen molar-refractivity contribution in [3.05, 3.63) is 53.6 Å². The van der Waals surface area contributed by atoms with Gasteiger partial charge in [0.25, 0.3) is 5.91 Å². The van der Waals surface area contributed by atoms with Gasteiger partial charge in [-0.3, -0.25) is 9.89 Å². The molecule has 0 aliphatic carbocycles. The van der Waals surface area contributed by atoms with Crippen LogP contribution in [-0.2, 0) is 4.74 Å². The summed E-state index contributed by atoms with van der Waals surface area (Å²) in [6.07, 6.45) is 5.73. The molecule has 1 fully saturated rings. The minimum Gasteiger partial charge on any atom is -0.444 e. The number of anilines is 2. The van der Waals surface area contributed by atoms with Crippen molar-refractivity contribution < 1.29 is 23.1 Å². The second-order valence-electron chi connectivity index (χ2n) is 11.0. The molecule has 1 aliphatic rings. The van der Waals surface area contributed by atoms with Crippen molar-refractivity contribution in [2.45, 2.75) is 59.1 Å². The molecule has 3 aromatic heterocycles. The first-order valence-electron chi connectivity index (χ1n) is 13.3. The average Bonchev–Trinajstić information content (AvgIpc) is 3.50. The summed E-state index contributed by atoms with van der Waals surface area (Å²) in [7, 11) is 0. The molecule has 5 rings (SSSR count). The summed E-state index contributed by atoms with van der Waals surface area (Å²) in [5.41, 5.74) is 0.991. The molecule has 4 aromatic rings. The number of imidazole rings is 1. The molecule has 0 atom stereocenters. The van der Waals surface area contributed by atoms with Gasteiger partial charge in [-0.15, -0.1) is 0 Å². The standard InChI is InChI=1S/C28H33F2N7O3/c1-6-37(27(39)40-28(3,4)5)18-7-9-35(10-8-18)22-12-20(29)23(24-19(22)13-31-34-24)26(38)33-17-11-21(30)25-32-16(2)14-36(25)15-17/h11-15,18H,6-10H2,1-5H3,(H,31,34)(H,33,38). The van der Waals surface area contributed by atoms with E-state index in [0.29, 0.717) is 49.2 Å². The van der Waals surface area contributed by atoms with Crippen molar-refractivity contribution in [3.8, 4) is 0 Å². The number of amides is 2. The lowest BCUT2D eigenvalue weighted by Crippen LogP contribution is -2.48. The number of nitrogens with one attached hydrogen (secondary N) is 2. The molecule has 1 aliphatic heterocycles. The highest BCUT2D eigenvalue weighted by Gasteiger charge is 2.31. The van der Waals surface area contributed by atoms with Crippen LogP contribution in [0.3, 0.4) is 0 Å². The first-order valence-corrected chi connectivity index (χ1v) is 13.3. The van der Waals surface area contributed by atoms with Gasteiger partial charge in [-0.1, -0.05) is 0 Å². The third-order valence-electron chi connectivity index (χ3n) is 6.99. The topological polar surface area (TPSA) is 108 Å². The summed E-state index contributed by atoms with van der Waals surface area (Å²) in [4.78, 5) is 33.8. The molecule has 0 saturated carbocycles. The van der Waals surface area contributed by atoms with E-state index < -0.39 is 23.1 Å². The number of hydrogen-bond donors (Lipinski definition) is 2. The van der Waals surface area contributed by atoms with Crippen LogP contribution < -0.4 is 10.2 Å². The number of halogens is 2. The van der Waals surface area contributed by atoms with E-state index in [9.17, 15) is 14.0 Å². The molecule has 212 valence electrons. The van der Waals surface area contributed by atoms with Crippen LogP contribution in [-0.4, -0.2) is 67.8 Å². The molecule has 0 bridgehead atoms. The third kappa shape index (κ3) is 5.30. The Bertz CT molecular complexity index is 1580. The molecule has 10 nitrogen and oxygen atoms in total. The van der Waals surface area contributed by atoms with Crippen LogP contribution in [0.5, 0.6) is 0 Å². The fourth-order valence-corrected chi connectivity index (χ4v) is 5.26. The average molecular weight is 554 g/mol. The van der Waals surface area contributed by atoms with Crippen molar-refractivity contribution >= 4 is 39.9 Å². The lowest BCUT2D eigenvalue weighted by molar-refractivity contribution is 0.0149. The van der Waals surface area contributed by atoms with Crippen molar-refractivity contribution in [1.29, 1.82) is 0 Å². The second kappa shape index (κ2) is 10.4. The number of nitrogens with zero attached hydrogens (tertiary/aromatic N) is 5. The first kappa shape index (κ1) is 27.4. The maximum absolute atomic E-state index is 15.5. The number of rotatable bonds is 5. The Balaban J connectivity index is 1.35. The Kier molecular flexibility index (Phi) is 7.11. The zero-order chi connectivity index (χ0) is 28.8. The van der Waals surface area contributed by atoms with E-state index in [0.717, 1.165) is 6.07 Å². The molecule has 1 saturated heterocycles. The number of piperidine rings is 1. The van der Waals surface area contributed by atoms with Crippen LogP contribution in [0.4, 0.5) is 25.0 Å². The molecule has 2 N–H and O–H groups in total. The van der Waals surface area contributed by atoms with Gasteiger partial charge in [0.05, 0.1) is 28.8 Å². The number of benzene rings is 1. The molecule has 1 aromatic carbocycles. The summed E-state index contributed by atoms with van der Waals surface area (Å²) in [5.74, 6) is -2.07. The van der Waals surface area contributed by atoms with Gasteiger partial charge in [0.2, 0.25) is 0 Å². The van der Waals surface area contributed by atoms with Gasteiger partial charge in [0.1, 0.15) is 17.0 Å². The number of aryl methyl sites for hydroxylation is 1. The number of carbonyl (C=O) groups excluding carboxylic acids is 2. The van der Waals surface area contributed by atoms with Crippen LogP contribution in [0.2, 0.25) is 0 Å². The minimum atomic E-state index is -0.733. The quantitative estimate of drug-likeness (QED) is 0.348. The van der Waals surface area contributed by atoms with Gasteiger partial charge in [-0.2, -0.15) is 5.10 Å². The van der Waals surface area contributed by atoms with E-state index in [1.807, 2.05) is 32.6 Å². The summed E-state index contributed by atoms with van der Waals surface area (Å²) in [5, 5.41) is 10.0. The predicted octanol–water partition coefficient (Wildman–Crippen LogP) is 5.28. The van der Waals surface area contributed by atoms with Gasteiger partial charge in [0.15, 0.2) is 11.5 Å². The largest absolute Gasteiger partial charge is 0.444 e. The first-order chi connectivity index (χ1) is 18.9. The van der Waals surface area contributed by atoms with Crippen molar-refractivity contribution in [3.63, 3.8) is 0 Å². The van der Waals surface area contributed by atoms with Crippen LogP contribution in [0.15, 0.2) is 30.7 Å². The summed E-state index contributed by atoms with van der Waals surface area (Å²) >= 11 is 0. The Morgan fingerprint density at radius 2 is 1.90 bits per heavy atom. The molecule has 12 heteroatoms. The summed E-state index contributed by atoms with van der Waals surface area (Å²) in [6.45, 7) is 10.9. The number of pyridine rings is 1. The van der Waals surface area contributed by atoms with Gasteiger partial charge in [0, 0.05) is 49.5 Å². The van der Waals surface area contributed by atoms with Crippen molar-refractivity contribution in [2.24, 2.45) is 0 Å². The molecular weight excluding hydrogens is 520 g/mol. The SMILES string of the molecule is CCN(C(=O)OC(C)(C)C)C1CCN(c2cc(F)c(C(=O)Nc3cc(F)c4nc(C)cn4c3)c3[nH]ncc23)CC1. The van der Waals surface area contributed by atoms with E-state index in [1.165, 1.54) is 16.7 Å². The van der Waals surface area contributed by atoms with Gasteiger partial charge in [-0.05, 0) is 53.5 Å². The van der Waals surface area contributed by atoms with Gasteiger partial charge < -0.3 is 24.3 Å². The molecule has 0 radical (unpaired) electrons. The second-order valence-corrected chi connectivity index (χ2v) is 11.0. The Hall–Kier alpha value is -4.22. The van der Waals surface area contributed by atoms with Crippen molar-refractivity contribution in [2.75, 3.05) is 29.9 Å². The minimum absolute atomic E-state index is 0.00265. The fraction of sp³-hybridized carbons (Fsp3) is 0.429. The number of fused-ring (bicyclic) bond motifs is 2. The van der Waals surface area contributed by atoms with E-state index in [1.54, 1.807) is 24.2 Å². The number of H-pyrrole nitrogens is 1. The van der Waals surface area contributed by atoms with Crippen LogP contribution >= 0.6 is 0 Å². The lowest BCUT2D eigenvalue weighted by atomic mass is 10.0. The number of aromatic amines is 1. The van der Waals surface area contributed by atoms with Crippen molar-refractivity contribution in [1.82, 2.24) is 24.5 Å². The highest BCUT2D eigenvalue weighted by Crippen LogP contribution is 2.33. The van der Waals surface area contributed by atoms with Gasteiger partial charge >= 0.3 is 6.09 Å². The smallest absolute Gasteiger partial charge is 0.410 e. The molecule has 2 amide bonds. The maximum atomic E-state index is 15.5. The highest BCUT2D eigenvalue weighted by molar-refractivity contribution is 6.14. The summed E-state index contributed by atoms with van der Waals surface area (Å²) < 4.78 is 37.1. The monoisotopic (exact) mass is 553 g/mol. The fourth-order valence-electron chi connectivity index (χ4n) is 5.26. The zero-order valence-electron chi connectivity index (χ0n) is 23.2. The molecule has 4 heterocycles. The Morgan fingerprint density at radius 1 is 1.18 bits per heavy atom. The molecule has 0 spiro atoms. The van der Waals surface area contributed by atoms with Crippen LogP contribution in [0.25, 0.3) is 16.6 Å². The Morgan fingerprint density at radius 3 is 2.58 bits per heavy atom. The van der Waals surface area contributed by atoms with Gasteiger partial charge in [-0.25, -0.2) is 18.6 Å². The maximum Gasteiger partial charge on any atom is 0.410 e. The van der Waals surface area contributed by atoms with Crippen LogP contribution in [0.1, 0.15) is 56.6 Å². The number of ether oxygens (including phenoxy) is 1. The molecular formula is C28H33F2N7O3. The summed E-state index contributed by atoms with van der Waals surface area (Å²) in [6, 6.07) is 2.49. The number of aromatic nitrogens is 4. The highest BCUT2D eigenvalue weighted by atomic mass is 19.1. The lowest BCUT2D eigenvalue weighted by Gasteiger charge is -2.39. The van der Waals surface area contributed by atoms with E-state index in [2.05, 4.69) is 20.5 Å². The molecule has 40 heavy (non-hydrogen) atoms. The Labute approximate surface area is 230 Å². The molecule has 0 unspecified atom stereocenters. The normalized spacial score (nSPS) is 14.6. The zero-order valence-corrected chi connectivity index (χ0v) is 23.2. The predicted molar refractivity (Wildman–Crippen MR) is 148 cm³/mol. The van der Waals surface area contributed by atoms with E-state index in [-0.39, 0.29) is 34.5 Å². The number of hydrogen-bond acceptors (Lipinski definition) is 6. The third-order valence-corrected chi connectivity index (χ3v) is 6.99.